The molecule has 0 spiro atoms. The lowest BCUT2D eigenvalue weighted by atomic mass is 10.2. The van der Waals surface area contributed by atoms with Crippen LogP contribution in [0.1, 0.15) is 11.3 Å². The molecule has 0 saturated carbocycles. The van der Waals surface area contributed by atoms with Crippen LogP contribution in [-0.4, -0.2) is 16.4 Å². The lowest BCUT2D eigenvalue weighted by molar-refractivity contribution is -0.129. The van der Waals surface area contributed by atoms with Crippen LogP contribution in [0.5, 0.6) is 0 Å². The van der Waals surface area contributed by atoms with Crippen molar-refractivity contribution in [2.45, 2.75) is 0 Å². The van der Waals surface area contributed by atoms with Crippen molar-refractivity contribution < 1.29 is 9.53 Å². The molecular formula is C15H12N2O2. The van der Waals surface area contributed by atoms with E-state index in [-0.39, 0.29) is 0 Å². The van der Waals surface area contributed by atoms with Crippen molar-refractivity contribution in [1.29, 1.82) is 0 Å². The summed E-state index contributed by atoms with van der Waals surface area (Å²) in [6.45, 7) is 0. The number of hydrogen-bond donors (Lipinski definition) is 0. The fourth-order valence-electron chi connectivity index (χ4n) is 1.88. The lowest BCUT2D eigenvalue weighted by Crippen LogP contribution is -2.05. The highest BCUT2D eigenvalue weighted by atomic mass is 16.6. The Balaban J connectivity index is 1.96. The predicted molar refractivity (Wildman–Crippen MR) is 72.5 cm³/mol. The molecule has 0 amide bonds. The van der Waals surface area contributed by atoms with Gasteiger partial charge in [-0.15, -0.1) is 0 Å². The maximum atomic E-state index is 11.8. The fraction of sp³-hybridized carbons (Fsp3) is 0.0667. The Morgan fingerprint density at radius 2 is 1.95 bits per heavy atom. The summed E-state index contributed by atoms with van der Waals surface area (Å²) in [5.41, 5.74) is 2.02. The summed E-state index contributed by atoms with van der Waals surface area (Å²) in [6.07, 6.45) is 3.63. The van der Waals surface area contributed by atoms with Gasteiger partial charge in [0.1, 0.15) is 0 Å². The summed E-state index contributed by atoms with van der Waals surface area (Å²) >= 11 is 0. The van der Waals surface area contributed by atoms with Crippen LogP contribution in [0.3, 0.4) is 0 Å². The monoisotopic (exact) mass is 252 g/mol. The Bertz CT molecular complexity index is 681. The largest absolute Gasteiger partial charge is 0.402 e. The molecule has 1 aliphatic rings. The highest BCUT2D eigenvalue weighted by Crippen LogP contribution is 2.18. The van der Waals surface area contributed by atoms with Gasteiger partial charge >= 0.3 is 5.97 Å². The van der Waals surface area contributed by atoms with Crippen LogP contribution in [-0.2, 0) is 16.6 Å². The van der Waals surface area contributed by atoms with Crippen LogP contribution >= 0.6 is 0 Å². The average molecular weight is 252 g/mol. The number of esters is 1. The minimum atomic E-state index is -0.417. The van der Waals surface area contributed by atoms with Crippen LogP contribution in [0.2, 0.25) is 0 Å². The van der Waals surface area contributed by atoms with Crippen molar-refractivity contribution in [2.24, 2.45) is 12.0 Å². The van der Waals surface area contributed by atoms with Crippen LogP contribution in [0.25, 0.3) is 6.08 Å². The van der Waals surface area contributed by atoms with Crippen LogP contribution < -0.4 is 0 Å². The third-order valence-electron chi connectivity index (χ3n) is 2.91. The molecule has 0 saturated heterocycles. The molecule has 0 bridgehead atoms. The van der Waals surface area contributed by atoms with Crippen molar-refractivity contribution in [1.82, 2.24) is 4.57 Å². The number of aliphatic imine (C=N–C) groups is 1. The van der Waals surface area contributed by atoms with E-state index in [2.05, 4.69) is 4.99 Å². The number of hydrogen-bond acceptors (Lipinski definition) is 3. The summed E-state index contributed by atoms with van der Waals surface area (Å²) in [5.74, 6) is -0.0638. The van der Waals surface area contributed by atoms with Gasteiger partial charge in [0.05, 0.1) is 0 Å². The third-order valence-corrected chi connectivity index (χ3v) is 2.91. The molecule has 0 unspecified atom stereocenters. The van der Waals surface area contributed by atoms with E-state index in [1.54, 1.807) is 6.08 Å². The molecule has 3 rings (SSSR count). The zero-order valence-corrected chi connectivity index (χ0v) is 10.4. The van der Waals surface area contributed by atoms with Gasteiger partial charge in [0.2, 0.25) is 5.90 Å². The first-order valence-corrected chi connectivity index (χ1v) is 5.93. The molecule has 4 heteroatoms. The number of cyclic esters (lactones) is 1. The maximum absolute atomic E-state index is 11.8. The smallest absolute Gasteiger partial charge is 0.363 e. The summed E-state index contributed by atoms with van der Waals surface area (Å²) in [7, 11) is 1.91. The Labute approximate surface area is 110 Å². The quantitative estimate of drug-likeness (QED) is 0.608. The van der Waals surface area contributed by atoms with Gasteiger partial charge in [-0.3, -0.25) is 0 Å². The summed E-state index contributed by atoms with van der Waals surface area (Å²) < 4.78 is 7.10. The van der Waals surface area contributed by atoms with E-state index in [1.165, 1.54) is 0 Å². The van der Waals surface area contributed by atoms with Crippen LogP contribution in [0.15, 0.2) is 59.4 Å². The number of aromatic nitrogens is 1. The van der Waals surface area contributed by atoms with Crippen molar-refractivity contribution in [3.05, 3.63) is 65.6 Å². The molecule has 0 N–H and O–H groups in total. The van der Waals surface area contributed by atoms with E-state index in [0.29, 0.717) is 11.6 Å². The molecule has 2 heterocycles. The van der Waals surface area contributed by atoms with E-state index >= 15 is 0 Å². The fourth-order valence-corrected chi connectivity index (χ4v) is 1.88. The Kier molecular flexibility index (Phi) is 2.76. The van der Waals surface area contributed by atoms with Gasteiger partial charge in [0.25, 0.3) is 0 Å². The third kappa shape index (κ3) is 2.20. The van der Waals surface area contributed by atoms with E-state index in [0.717, 1.165) is 11.3 Å². The summed E-state index contributed by atoms with van der Waals surface area (Å²) in [5, 5.41) is 0. The Morgan fingerprint density at radius 3 is 2.63 bits per heavy atom. The normalized spacial score (nSPS) is 16.6. The van der Waals surface area contributed by atoms with Crippen LogP contribution in [0.4, 0.5) is 0 Å². The predicted octanol–water partition coefficient (Wildman–Crippen LogP) is 2.37. The zero-order valence-electron chi connectivity index (χ0n) is 10.4. The Morgan fingerprint density at radius 1 is 1.16 bits per heavy atom. The molecule has 0 radical (unpaired) electrons. The van der Waals surface area contributed by atoms with E-state index < -0.39 is 5.97 Å². The second-order valence-corrected chi connectivity index (χ2v) is 4.25. The highest BCUT2D eigenvalue weighted by molar-refractivity contribution is 6.12. The number of ether oxygens (including phenoxy) is 1. The molecule has 1 aromatic carbocycles. The summed E-state index contributed by atoms with van der Waals surface area (Å²) in [6, 6.07) is 13.2. The van der Waals surface area contributed by atoms with Gasteiger partial charge in [-0.1, -0.05) is 18.2 Å². The molecule has 94 valence electrons. The van der Waals surface area contributed by atoms with Gasteiger partial charge < -0.3 is 9.30 Å². The topological polar surface area (TPSA) is 43.6 Å². The van der Waals surface area contributed by atoms with Gasteiger partial charge in [-0.2, -0.15) is 0 Å². The second kappa shape index (κ2) is 4.57. The molecule has 2 aromatic rings. The second-order valence-electron chi connectivity index (χ2n) is 4.25. The van der Waals surface area contributed by atoms with E-state index in [9.17, 15) is 4.79 Å². The number of carbonyl (C=O) groups excluding carboxylic acids is 1. The van der Waals surface area contributed by atoms with Crippen molar-refractivity contribution >= 4 is 17.9 Å². The maximum Gasteiger partial charge on any atom is 0.363 e. The zero-order chi connectivity index (χ0) is 13.2. The number of aryl methyl sites for hydroxylation is 1. The molecule has 1 aromatic heterocycles. The number of nitrogens with zero attached hydrogens (tertiary/aromatic N) is 2. The molecule has 4 nitrogen and oxygen atoms in total. The molecule has 0 aliphatic carbocycles. The number of rotatable bonds is 2. The lowest BCUT2D eigenvalue weighted by Gasteiger charge is -1.97. The number of benzene rings is 1. The molecule has 0 fully saturated rings. The van der Waals surface area contributed by atoms with Gasteiger partial charge in [-0.25, -0.2) is 9.79 Å². The number of carbonyl (C=O) groups is 1. The molecular weight excluding hydrogens is 240 g/mol. The average Bonchev–Trinajstić information content (AvgIpc) is 2.99. The Hall–Kier alpha value is -2.62. The SMILES string of the molecule is Cn1cccc1/C=C1/N=C(c2ccccc2)OC1=O. The van der Waals surface area contributed by atoms with E-state index in [4.69, 9.17) is 4.74 Å². The van der Waals surface area contributed by atoms with Gasteiger partial charge in [0.15, 0.2) is 5.70 Å². The van der Waals surface area contributed by atoms with Crippen molar-refractivity contribution in [2.75, 3.05) is 0 Å². The molecule has 19 heavy (non-hydrogen) atoms. The highest BCUT2D eigenvalue weighted by Gasteiger charge is 2.24. The molecule has 0 atom stereocenters. The minimum absolute atomic E-state index is 0.320. The van der Waals surface area contributed by atoms with Gasteiger partial charge in [0, 0.05) is 24.5 Å². The van der Waals surface area contributed by atoms with Crippen molar-refractivity contribution in [3.63, 3.8) is 0 Å². The first-order chi connectivity index (χ1) is 9.24. The van der Waals surface area contributed by atoms with Crippen LogP contribution in [0, 0.1) is 0 Å². The van der Waals surface area contributed by atoms with Gasteiger partial charge in [-0.05, 0) is 30.3 Å². The first kappa shape index (κ1) is 11.5. The first-order valence-electron chi connectivity index (χ1n) is 5.93. The standard InChI is InChI=1S/C15H12N2O2/c1-17-9-5-8-12(17)10-13-15(18)19-14(16-13)11-6-3-2-4-7-11/h2-10H,1H3/b13-10+. The minimum Gasteiger partial charge on any atom is -0.402 e. The molecule has 1 aliphatic heterocycles. The summed E-state index contributed by atoms with van der Waals surface area (Å²) in [4.78, 5) is 16.0. The van der Waals surface area contributed by atoms with E-state index in [1.807, 2.05) is 60.3 Å². The van der Waals surface area contributed by atoms with Crippen molar-refractivity contribution in [3.8, 4) is 0 Å².